The first-order valence-corrected chi connectivity index (χ1v) is 8.71. The van der Waals surface area contributed by atoms with Crippen LogP contribution in [0.2, 0.25) is 0 Å². The molecule has 0 atom stereocenters. The number of nitrogens with zero attached hydrogens (tertiary/aromatic N) is 5. The van der Waals surface area contributed by atoms with Crippen molar-refractivity contribution < 1.29 is 0 Å². The average Bonchev–Trinajstić information content (AvgIpc) is 2.62. The van der Waals surface area contributed by atoms with E-state index in [0.29, 0.717) is 6.04 Å². The highest BCUT2D eigenvalue weighted by molar-refractivity contribution is 5.90. The smallest absolute Gasteiger partial charge is 0.132 e. The fourth-order valence-electron chi connectivity index (χ4n) is 3.45. The predicted octanol–water partition coefficient (Wildman–Crippen LogP) is 3.12. The average molecular weight is 334 g/mol. The Morgan fingerprint density at radius 3 is 2.72 bits per heavy atom. The molecule has 4 rings (SSSR count). The summed E-state index contributed by atoms with van der Waals surface area (Å²) in [6.07, 6.45) is 7.67. The van der Waals surface area contributed by atoms with Crippen LogP contribution in [0.4, 0.5) is 11.5 Å². The van der Waals surface area contributed by atoms with Crippen molar-refractivity contribution >= 4 is 22.4 Å². The van der Waals surface area contributed by atoms with E-state index < -0.39 is 0 Å². The maximum absolute atomic E-state index is 4.59. The first-order valence-electron chi connectivity index (χ1n) is 8.71. The van der Waals surface area contributed by atoms with Gasteiger partial charge in [-0.25, -0.2) is 9.97 Å². The Hall–Kier alpha value is -2.76. The van der Waals surface area contributed by atoms with Gasteiger partial charge in [0.2, 0.25) is 0 Å². The molecule has 1 aliphatic rings. The number of rotatable bonds is 3. The Kier molecular flexibility index (Phi) is 4.17. The fourth-order valence-corrected chi connectivity index (χ4v) is 3.45. The van der Waals surface area contributed by atoms with Crippen LogP contribution < -0.4 is 10.2 Å². The van der Waals surface area contributed by atoms with Gasteiger partial charge < -0.3 is 10.2 Å². The van der Waals surface area contributed by atoms with E-state index in [9.17, 15) is 0 Å². The van der Waals surface area contributed by atoms with Gasteiger partial charge in [-0.3, -0.25) is 9.97 Å². The van der Waals surface area contributed by atoms with Gasteiger partial charge in [-0.2, -0.15) is 0 Å². The molecule has 0 saturated carbocycles. The standard InChI is InChI=1S/C19H22N6/c1-13-11-19(23-14(2)22-13)25-9-5-15(6-10-25)24-18-4-8-21-17-3-7-20-12-16(17)18/h3-4,7-8,11-12,15H,5-6,9-10H2,1-2H3,(H,21,24). The van der Waals surface area contributed by atoms with Crippen molar-refractivity contribution in [3.63, 3.8) is 0 Å². The number of pyridine rings is 2. The second-order valence-electron chi connectivity index (χ2n) is 6.57. The SMILES string of the molecule is Cc1cc(N2CCC(Nc3ccnc4ccncc34)CC2)nc(C)n1. The molecule has 6 heteroatoms. The Morgan fingerprint density at radius 1 is 1.08 bits per heavy atom. The van der Waals surface area contributed by atoms with E-state index in [1.54, 1.807) is 6.20 Å². The molecule has 1 N–H and O–H groups in total. The van der Waals surface area contributed by atoms with E-state index in [2.05, 4.69) is 36.2 Å². The summed E-state index contributed by atoms with van der Waals surface area (Å²) in [6.45, 7) is 5.96. The third kappa shape index (κ3) is 3.38. The van der Waals surface area contributed by atoms with E-state index in [1.807, 2.05) is 38.4 Å². The van der Waals surface area contributed by atoms with E-state index in [1.165, 1.54) is 0 Å². The zero-order valence-electron chi connectivity index (χ0n) is 14.6. The molecule has 3 aromatic heterocycles. The molecular formula is C19H22N6. The number of nitrogens with one attached hydrogen (secondary N) is 1. The van der Waals surface area contributed by atoms with Crippen molar-refractivity contribution in [3.8, 4) is 0 Å². The number of fused-ring (bicyclic) bond motifs is 1. The number of piperidine rings is 1. The highest BCUT2D eigenvalue weighted by atomic mass is 15.2. The minimum atomic E-state index is 0.450. The molecule has 0 aliphatic carbocycles. The molecule has 0 amide bonds. The van der Waals surface area contributed by atoms with Gasteiger partial charge in [0.05, 0.1) is 5.52 Å². The molecule has 0 bridgehead atoms. The zero-order valence-corrected chi connectivity index (χ0v) is 14.6. The normalized spacial score (nSPS) is 15.5. The van der Waals surface area contributed by atoms with Gasteiger partial charge in [-0.1, -0.05) is 0 Å². The topological polar surface area (TPSA) is 66.8 Å². The molecule has 1 fully saturated rings. The summed E-state index contributed by atoms with van der Waals surface area (Å²) in [6, 6.07) is 6.50. The lowest BCUT2D eigenvalue weighted by Crippen LogP contribution is -2.39. The summed E-state index contributed by atoms with van der Waals surface area (Å²) in [4.78, 5) is 19.9. The van der Waals surface area contributed by atoms with E-state index in [4.69, 9.17) is 0 Å². The number of hydrogen-bond acceptors (Lipinski definition) is 6. The van der Waals surface area contributed by atoms with Gasteiger partial charge in [-0.05, 0) is 38.8 Å². The van der Waals surface area contributed by atoms with Crippen LogP contribution in [-0.2, 0) is 0 Å². The molecule has 0 spiro atoms. The molecular weight excluding hydrogens is 312 g/mol. The van der Waals surface area contributed by atoms with Crippen molar-refractivity contribution in [1.82, 2.24) is 19.9 Å². The van der Waals surface area contributed by atoms with Crippen LogP contribution in [0.25, 0.3) is 10.9 Å². The van der Waals surface area contributed by atoms with Crippen LogP contribution in [-0.4, -0.2) is 39.1 Å². The summed E-state index contributed by atoms with van der Waals surface area (Å²) in [5.41, 5.74) is 3.12. The Bertz CT molecular complexity index is 860. The van der Waals surface area contributed by atoms with Crippen molar-refractivity contribution in [2.45, 2.75) is 32.7 Å². The molecule has 0 unspecified atom stereocenters. The number of aryl methyl sites for hydroxylation is 2. The Morgan fingerprint density at radius 2 is 1.92 bits per heavy atom. The summed E-state index contributed by atoms with van der Waals surface area (Å²) in [7, 11) is 0. The second-order valence-corrected chi connectivity index (χ2v) is 6.57. The Balaban J connectivity index is 1.45. The van der Waals surface area contributed by atoms with Gasteiger partial charge >= 0.3 is 0 Å². The minimum Gasteiger partial charge on any atom is -0.382 e. The zero-order chi connectivity index (χ0) is 17.2. The maximum atomic E-state index is 4.59. The summed E-state index contributed by atoms with van der Waals surface area (Å²) in [5.74, 6) is 1.88. The van der Waals surface area contributed by atoms with Crippen LogP contribution in [0.3, 0.4) is 0 Å². The highest BCUT2D eigenvalue weighted by Crippen LogP contribution is 2.25. The van der Waals surface area contributed by atoms with Crippen molar-refractivity contribution in [1.29, 1.82) is 0 Å². The summed E-state index contributed by atoms with van der Waals surface area (Å²) in [5, 5.41) is 4.76. The fraction of sp³-hybridized carbons (Fsp3) is 0.368. The van der Waals surface area contributed by atoms with Crippen LogP contribution in [0.5, 0.6) is 0 Å². The summed E-state index contributed by atoms with van der Waals surface area (Å²) < 4.78 is 0. The van der Waals surface area contributed by atoms with Crippen LogP contribution >= 0.6 is 0 Å². The van der Waals surface area contributed by atoms with Crippen LogP contribution in [0, 0.1) is 13.8 Å². The molecule has 0 radical (unpaired) electrons. The second kappa shape index (κ2) is 6.63. The lowest BCUT2D eigenvalue weighted by atomic mass is 10.0. The molecule has 4 heterocycles. The summed E-state index contributed by atoms with van der Waals surface area (Å²) >= 11 is 0. The number of anilines is 2. The van der Waals surface area contributed by atoms with E-state index in [0.717, 1.165) is 59.9 Å². The van der Waals surface area contributed by atoms with E-state index >= 15 is 0 Å². The third-order valence-electron chi connectivity index (χ3n) is 4.67. The third-order valence-corrected chi connectivity index (χ3v) is 4.67. The first-order chi connectivity index (χ1) is 12.2. The van der Waals surface area contributed by atoms with Gasteiger partial charge in [0.1, 0.15) is 11.6 Å². The van der Waals surface area contributed by atoms with E-state index in [-0.39, 0.29) is 0 Å². The largest absolute Gasteiger partial charge is 0.382 e. The van der Waals surface area contributed by atoms with Crippen molar-refractivity contribution in [3.05, 3.63) is 48.3 Å². The maximum Gasteiger partial charge on any atom is 0.132 e. The van der Waals surface area contributed by atoms with Gasteiger partial charge in [0.15, 0.2) is 0 Å². The quantitative estimate of drug-likeness (QED) is 0.794. The molecule has 6 nitrogen and oxygen atoms in total. The monoisotopic (exact) mass is 334 g/mol. The lowest BCUT2D eigenvalue weighted by molar-refractivity contribution is 0.523. The Labute approximate surface area is 147 Å². The first kappa shape index (κ1) is 15.7. The van der Waals surface area contributed by atoms with Gasteiger partial charge in [0, 0.05) is 60.6 Å². The minimum absolute atomic E-state index is 0.450. The molecule has 1 saturated heterocycles. The van der Waals surface area contributed by atoms with Gasteiger partial charge in [-0.15, -0.1) is 0 Å². The van der Waals surface area contributed by atoms with Gasteiger partial charge in [0.25, 0.3) is 0 Å². The van der Waals surface area contributed by atoms with Crippen molar-refractivity contribution in [2.24, 2.45) is 0 Å². The number of aromatic nitrogens is 4. The number of hydrogen-bond donors (Lipinski definition) is 1. The van der Waals surface area contributed by atoms with Crippen LogP contribution in [0.1, 0.15) is 24.4 Å². The molecule has 0 aromatic carbocycles. The molecule has 1 aliphatic heterocycles. The highest BCUT2D eigenvalue weighted by Gasteiger charge is 2.21. The van der Waals surface area contributed by atoms with Crippen molar-refractivity contribution in [2.75, 3.05) is 23.3 Å². The molecule has 128 valence electrons. The molecule has 25 heavy (non-hydrogen) atoms. The molecule has 3 aromatic rings. The predicted molar refractivity (Wildman–Crippen MR) is 99.9 cm³/mol. The lowest BCUT2D eigenvalue weighted by Gasteiger charge is -2.34. The van der Waals surface area contributed by atoms with Crippen LogP contribution in [0.15, 0.2) is 36.8 Å².